The molecule has 25 heavy (non-hydrogen) atoms. The number of halogens is 1. The van der Waals surface area contributed by atoms with Crippen molar-refractivity contribution in [1.82, 2.24) is 4.98 Å². The van der Waals surface area contributed by atoms with E-state index in [1.165, 1.54) is 19.2 Å². The molecule has 0 aliphatic carbocycles. The molecule has 0 N–H and O–H groups in total. The van der Waals surface area contributed by atoms with Crippen LogP contribution in [0, 0.1) is 23.1 Å². The van der Waals surface area contributed by atoms with Crippen LogP contribution in [0.2, 0.25) is 0 Å². The molecule has 2 heterocycles. The monoisotopic (exact) mass is 339 g/mol. The maximum Gasteiger partial charge on any atom is 0.167 e. The average molecular weight is 339 g/mol. The van der Waals surface area contributed by atoms with Crippen LogP contribution in [0.15, 0.2) is 36.5 Å². The first-order valence-electron chi connectivity index (χ1n) is 8.11. The quantitative estimate of drug-likeness (QED) is 0.800. The van der Waals surface area contributed by atoms with Crippen LogP contribution in [0.25, 0.3) is 0 Å². The van der Waals surface area contributed by atoms with Crippen molar-refractivity contribution in [3.8, 4) is 11.8 Å². The summed E-state index contributed by atoms with van der Waals surface area (Å²) in [5.41, 5.74) is 0.888. The molecule has 1 aromatic heterocycles. The number of methoxy groups -OCH3 is 1. The van der Waals surface area contributed by atoms with Crippen LogP contribution in [0.5, 0.6) is 5.75 Å². The number of rotatable bonds is 4. The van der Waals surface area contributed by atoms with E-state index in [0.29, 0.717) is 23.5 Å². The Morgan fingerprint density at radius 3 is 2.96 bits per heavy atom. The number of carbonyl (C=O) groups excluding carboxylic acids is 1. The van der Waals surface area contributed by atoms with Gasteiger partial charge in [-0.15, -0.1) is 0 Å². The normalized spacial score (nSPS) is 17.0. The Bertz CT molecular complexity index is 832. The molecule has 1 saturated heterocycles. The highest BCUT2D eigenvalue weighted by Crippen LogP contribution is 2.26. The second kappa shape index (κ2) is 7.31. The number of aromatic nitrogens is 1. The highest BCUT2D eigenvalue weighted by Gasteiger charge is 2.28. The predicted octanol–water partition coefficient (Wildman–Crippen LogP) is 3.20. The number of nitrogens with zero attached hydrogens (tertiary/aromatic N) is 3. The van der Waals surface area contributed by atoms with Gasteiger partial charge >= 0.3 is 0 Å². The smallest absolute Gasteiger partial charge is 0.167 e. The van der Waals surface area contributed by atoms with Gasteiger partial charge in [0.05, 0.1) is 18.7 Å². The molecule has 0 bridgehead atoms. The molecule has 2 aromatic rings. The largest absolute Gasteiger partial charge is 0.494 e. The molecular formula is C19H18FN3O2. The van der Waals surface area contributed by atoms with Crippen LogP contribution in [0.4, 0.5) is 10.2 Å². The lowest BCUT2D eigenvalue weighted by Crippen LogP contribution is -2.39. The van der Waals surface area contributed by atoms with E-state index < -0.39 is 5.82 Å². The topological polar surface area (TPSA) is 66.2 Å². The molecule has 0 saturated carbocycles. The maximum absolute atomic E-state index is 13.9. The van der Waals surface area contributed by atoms with Crippen LogP contribution in [-0.4, -0.2) is 31.0 Å². The molecule has 3 rings (SSSR count). The van der Waals surface area contributed by atoms with Gasteiger partial charge in [0.1, 0.15) is 5.82 Å². The summed E-state index contributed by atoms with van der Waals surface area (Å²) in [6.45, 7) is 1.29. The number of pyridine rings is 1. The van der Waals surface area contributed by atoms with Gasteiger partial charge in [0.2, 0.25) is 0 Å². The summed E-state index contributed by atoms with van der Waals surface area (Å²) in [5, 5.41) is 9.02. The molecule has 1 aromatic carbocycles. The minimum Gasteiger partial charge on any atom is -0.494 e. The van der Waals surface area contributed by atoms with Crippen LogP contribution >= 0.6 is 0 Å². The highest BCUT2D eigenvalue weighted by atomic mass is 19.1. The van der Waals surface area contributed by atoms with Gasteiger partial charge in [0, 0.05) is 30.8 Å². The zero-order valence-electron chi connectivity index (χ0n) is 13.9. The molecule has 1 aliphatic rings. The first-order chi connectivity index (χ1) is 12.1. The van der Waals surface area contributed by atoms with Gasteiger partial charge < -0.3 is 9.64 Å². The lowest BCUT2D eigenvalue weighted by atomic mass is 9.90. The predicted molar refractivity (Wildman–Crippen MR) is 91.2 cm³/mol. The number of Topliss-reactive ketones (excluding diaryl/α,β-unsaturated/α-hetero) is 1. The lowest BCUT2D eigenvalue weighted by Gasteiger charge is -2.33. The Hall–Kier alpha value is -2.94. The number of nitriles is 1. The SMILES string of the molecule is COc1ccc(C(=O)[C@H]2CCCN(c3cc(C#N)ccn3)C2)cc1F. The van der Waals surface area contributed by atoms with E-state index >= 15 is 0 Å². The van der Waals surface area contributed by atoms with E-state index in [4.69, 9.17) is 10.00 Å². The Labute approximate surface area is 145 Å². The van der Waals surface area contributed by atoms with E-state index in [9.17, 15) is 9.18 Å². The number of benzene rings is 1. The Kier molecular flexibility index (Phi) is 4.94. The van der Waals surface area contributed by atoms with Crippen molar-refractivity contribution in [2.24, 2.45) is 5.92 Å². The van der Waals surface area contributed by atoms with Gasteiger partial charge in [0.15, 0.2) is 17.3 Å². The number of piperidine rings is 1. The Balaban J connectivity index is 1.77. The Morgan fingerprint density at radius 1 is 1.40 bits per heavy atom. The van der Waals surface area contributed by atoms with Crippen molar-refractivity contribution in [1.29, 1.82) is 5.26 Å². The minimum absolute atomic E-state index is 0.0808. The maximum atomic E-state index is 13.9. The lowest BCUT2D eigenvalue weighted by molar-refractivity contribution is 0.0906. The van der Waals surface area contributed by atoms with Gasteiger partial charge in [-0.1, -0.05) is 0 Å². The van der Waals surface area contributed by atoms with Crippen molar-refractivity contribution >= 4 is 11.6 Å². The Morgan fingerprint density at radius 2 is 2.24 bits per heavy atom. The molecule has 0 spiro atoms. The first-order valence-corrected chi connectivity index (χ1v) is 8.11. The van der Waals surface area contributed by atoms with Gasteiger partial charge in [0.25, 0.3) is 0 Å². The van der Waals surface area contributed by atoms with Gasteiger partial charge in [-0.3, -0.25) is 4.79 Å². The summed E-state index contributed by atoms with van der Waals surface area (Å²) in [7, 11) is 1.39. The molecule has 0 amide bonds. The van der Waals surface area contributed by atoms with Crippen LogP contribution in [-0.2, 0) is 0 Å². The molecule has 5 nitrogen and oxygen atoms in total. The van der Waals surface area contributed by atoms with E-state index in [0.717, 1.165) is 19.4 Å². The summed E-state index contributed by atoms with van der Waals surface area (Å²) in [4.78, 5) is 19.1. The van der Waals surface area contributed by atoms with Crippen LogP contribution in [0.1, 0.15) is 28.8 Å². The van der Waals surface area contributed by atoms with E-state index in [1.54, 1.807) is 24.4 Å². The highest BCUT2D eigenvalue weighted by molar-refractivity contribution is 5.98. The summed E-state index contributed by atoms with van der Waals surface area (Å²) in [6, 6.07) is 9.77. The van der Waals surface area contributed by atoms with Crippen LogP contribution < -0.4 is 9.64 Å². The van der Waals surface area contributed by atoms with Gasteiger partial charge in [-0.25, -0.2) is 9.37 Å². The zero-order chi connectivity index (χ0) is 17.8. The van der Waals surface area contributed by atoms with E-state index in [2.05, 4.69) is 11.1 Å². The minimum atomic E-state index is -0.538. The van der Waals surface area contributed by atoms with Crippen molar-refractivity contribution in [3.63, 3.8) is 0 Å². The second-order valence-corrected chi connectivity index (χ2v) is 6.01. The third-order valence-corrected chi connectivity index (χ3v) is 4.43. The summed E-state index contributed by atoms with van der Waals surface area (Å²) in [6.07, 6.45) is 3.19. The second-order valence-electron chi connectivity index (χ2n) is 6.01. The molecular weight excluding hydrogens is 321 g/mol. The van der Waals surface area contributed by atoms with Gasteiger partial charge in [-0.2, -0.15) is 5.26 Å². The number of ketones is 1. The summed E-state index contributed by atoms with van der Waals surface area (Å²) >= 11 is 0. The average Bonchev–Trinajstić information content (AvgIpc) is 2.67. The fourth-order valence-corrected chi connectivity index (χ4v) is 3.12. The fourth-order valence-electron chi connectivity index (χ4n) is 3.12. The van der Waals surface area contributed by atoms with Crippen molar-refractivity contribution in [2.75, 3.05) is 25.1 Å². The molecule has 1 atom stereocenters. The third kappa shape index (κ3) is 3.61. The number of hydrogen-bond acceptors (Lipinski definition) is 5. The number of anilines is 1. The molecule has 6 heteroatoms. The van der Waals surface area contributed by atoms with Crippen molar-refractivity contribution in [3.05, 3.63) is 53.5 Å². The first kappa shape index (κ1) is 16.9. The number of ether oxygens (including phenoxy) is 1. The molecule has 0 unspecified atom stereocenters. The molecule has 1 fully saturated rings. The summed E-state index contributed by atoms with van der Waals surface area (Å²) in [5.74, 6) is -0.0296. The van der Waals surface area contributed by atoms with E-state index in [-0.39, 0.29) is 17.5 Å². The van der Waals surface area contributed by atoms with Crippen LogP contribution in [0.3, 0.4) is 0 Å². The zero-order valence-corrected chi connectivity index (χ0v) is 13.9. The standard InChI is InChI=1S/C19H18FN3O2/c1-25-17-5-4-14(10-16(17)20)19(24)15-3-2-8-23(12-15)18-9-13(11-21)6-7-22-18/h4-7,9-10,15H,2-3,8,12H2,1H3/t15-/m0/s1. The van der Waals surface area contributed by atoms with Gasteiger partial charge in [-0.05, 0) is 43.2 Å². The van der Waals surface area contributed by atoms with Crippen molar-refractivity contribution in [2.45, 2.75) is 12.8 Å². The molecule has 0 radical (unpaired) electrons. The van der Waals surface area contributed by atoms with Crippen molar-refractivity contribution < 1.29 is 13.9 Å². The summed E-state index contributed by atoms with van der Waals surface area (Å²) < 4.78 is 18.8. The molecule has 128 valence electrons. The number of hydrogen-bond donors (Lipinski definition) is 0. The molecule has 1 aliphatic heterocycles. The number of carbonyl (C=O) groups is 1. The van der Waals surface area contributed by atoms with E-state index in [1.807, 2.05) is 4.90 Å². The fraction of sp³-hybridized carbons (Fsp3) is 0.316. The third-order valence-electron chi connectivity index (χ3n) is 4.43.